The number of carbonyl (C=O) groups excluding carboxylic acids is 1. The lowest BCUT2D eigenvalue weighted by Crippen LogP contribution is -2.31. The van der Waals surface area contributed by atoms with Crippen LogP contribution < -0.4 is 22.3 Å². The fourth-order valence-corrected chi connectivity index (χ4v) is 2.83. The molecule has 0 bridgehead atoms. The minimum Gasteiger partial charge on any atom is -0.399 e. The van der Waals surface area contributed by atoms with E-state index in [-0.39, 0.29) is 22.6 Å². The van der Waals surface area contributed by atoms with E-state index >= 15 is 0 Å². The maximum atomic E-state index is 13.0. The second-order valence-electron chi connectivity index (χ2n) is 6.61. The largest absolute Gasteiger partial charge is 0.416 e. The van der Waals surface area contributed by atoms with E-state index in [0.29, 0.717) is 5.69 Å². The number of alkyl halides is 3. The molecule has 0 aliphatic rings. The van der Waals surface area contributed by atoms with Gasteiger partial charge in [0.05, 0.1) is 23.0 Å². The summed E-state index contributed by atoms with van der Waals surface area (Å²) in [5, 5.41) is 6.59. The molecule has 0 spiro atoms. The Kier molecular flexibility index (Phi) is 5.50. The van der Waals surface area contributed by atoms with Gasteiger partial charge in [-0.05, 0) is 48.9 Å². The zero-order valence-electron chi connectivity index (χ0n) is 15.8. The number of nitrogens with two attached hydrogens (primary N) is 2. The first-order chi connectivity index (χ1) is 14.1. The molecule has 1 heterocycles. The minimum atomic E-state index is -4.57. The van der Waals surface area contributed by atoms with Gasteiger partial charge in [0.25, 0.3) is 11.5 Å². The van der Waals surface area contributed by atoms with Gasteiger partial charge in [-0.25, -0.2) is 0 Å². The van der Waals surface area contributed by atoms with Crippen LogP contribution in [-0.4, -0.2) is 15.7 Å². The molecule has 1 aromatic heterocycles. The molecule has 156 valence electrons. The van der Waals surface area contributed by atoms with Gasteiger partial charge in [0.2, 0.25) is 0 Å². The number of rotatable bonds is 4. The summed E-state index contributed by atoms with van der Waals surface area (Å²) in [4.78, 5) is 24.8. The predicted octanol–water partition coefficient (Wildman–Crippen LogP) is 2.91. The van der Waals surface area contributed by atoms with Gasteiger partial charge in [-0.2, -0.15) is 23.0 Å². The number of para-hydroxylation sites is 2. The molecule has 10 heteroatoms. The first-order valence-corrected chi connectivity index (χ1v) is 8.80. The van der Waals surface area contributed by atoms with E-state index in [9.17, 15) is 22.8 Å². The Balaban J connectivity index is 1.88. The molecular weight excluding hydrogens is 399 g/mol. The Morgan fingerprint density at radius 1 is 1.10 bits per heavy atom. The van der Waals surface area contributed by atoms with E-state index in [4.69, 9.17) is 11.5 Å². The van der Waals surface area contributed by atoms with Crippen molar-refractivity contribution in [1.82, 2.24) is 15.1 Å². The molecule has 0 fully saturated rings. The van der Waals surface area contributed by atoms with E-state index in [1.165, 1.54) is 19.1 Å². The smallest absolute Gasteiger partial charge is 0.399 e. The molecule has 2 aromatic carbocycles. The van der Waals surface area contributed by atoms with Gasteiger partial charge in [-0.15, -0.1) is 0 Å². The van der Waals surface area contributed by atoms with Gasteiger partial charge in [-0.1, -0.05) is 12.1 Å². The molecule has 30 heavy (non-hydrogen) atoms. The molecule has 0 unspecified atom stereocenters. The van der Waals surface area contributed by atoms with E-state index < -0.39 is 29.2 Å². The van der Waals surface area contributed by atoms with Crippen LogP contribution in [0.5, 0.6) is 0 Å². The van der Waals surface area contributed by atoms with Crippen LogP contribution in [0.2, 0.25) is 0 Å². The van der Waals surface area contributed by atoms with Crippen molar-refractivity contribution < 1.29 is 18.0 Å². The summed E-state index contributed by atoms with van der Waals surface area (Å²) in [6.45, 7) is 1.51. The summed E-state index contributed by atoms with van der Waals surface area (Å²) in [6, 6.07) is 11.2. The normalized spacial score (nSPS) is 12.4. The maximum absolute atomic E-state index is 13.0. The summed E-state index contributed by atoms with van der Waals surface area (Å²) in [7, 11) is 0. The molecule has 5 N–H and O–H groups in total. The van der Waals surface area contributed by atoms with E-state index in [2.05, 4.69) is 10.4 Å². The Labute approximate surface area is 169 Å². The first kappa shape index (κ1) is 20.9. The topological polar surface area (TPSA) is 116 Å². The molecule has 7 nitrogen and oxygen atoms in total. The van der Waals surface area contributed by atoms with Crippen molar-refractivity contribution in [2.45, 2.75) is 19.1 Å². The summed E-state index contributed by atoms with van der Waals surface area (Å²) in [5.74, 6) is -0.679. The zero-order chi connectivity index (χ0) is 22.1. The Hall–Kier alpha value is -3.82. The summed E-state index contributed by atoms with van der Waals surface area (Å²) in [6.07, 6.45) is -4.57. The number of benzene rings is 2. The van der Waals surface area contributed by atoms with Crippen molar-refractivity contribution in [2.75, 3.05) is 11.5 Å². The van der Waals surface area contributed by atoms with Crippen molar-refractivity contribution in [3.05, 3.63) is 81.8 Å². The van der Waals surface area contributed by atoms with Crippen molar-refractivity contribution >= 4 is 17.3 Å². The molecule has 0 saturated carbocycles. The molecular formula is C20H18F3N5O2. The second kappa shape index (κ2) is 7.90. The van der Waals surface area contributed by atoms with Gasteiger partial charge in [0, 0.05) is 11.8 Å². The van der Waals surface area contributed by atoms with Crippen LogP contribution >= 0.6 is 0 Å². The van der Waals surface area contributed by atoms with Gasteiger partial charge >= 0.3 is 6.18 Å². The molecule has 0 aliphatic heterocycles. The van der Waals surface area contributed by atoms with Gasteiger partial charge in [-0.3, -0.25) is 9.59 Å². The molecule has 0 saturated heterocycles. The van der Waals surface area contributed by atoms with Gasteiger partial charge in [0.15, 0.2) is 0 Å². The highest BCUT2D eigenvalue weighted by Gasteiger charge is 2.31. The van der Waals surface area contributed by atoms with Gasteiger partial charge in [0.1, 0.15) is 5.69 Å². The van der Waals surface area contributed by atoms with Crippen molar-refractivity contribution in [1.29, 1.82) is 0 Å². The number of amides is 1. The average molecular weight is 417 g/mol. The van der Waals surface area contributed by atoms with Crippen molar-refractivity contribution in [3.8, 4) is 5.69 Å². The lowest BCUT2D eigenvalue weighted by molar-refractivity contribution is -0.137. The third-order valence-electron chi connectivity index (χ3n) is 4.35. The molecule has 0 aliphatic carbocycles. The van der Waals surface area contributed by atoms with Crippen LogP contribution in [0.25, 0.3) is 5.69 Å². The number of nitrogens with zero attached hydrogens (tertiary/aromatic N) is 2. The number of hydrogen-bond acceptors (Lipinski definition) is 5. The highest BCUT2D eigenvalue weighted by atomic mass is 19.4. The van der Waals surface area contributed by atoms with Crippen LogP contribution in [-0.2, 0) is 6.18 Å². The number of nitrogens with one attached hydrogen (secondary N) is 1. The Morgan fingerprint density at radius 3 is 2.47 bits per heavy atom. The number of halogens is 3. The quantitative estimate of drug-likeness (QED) is 0.565. The molecule has 3 rings (SSSR count). The minimum absolute atomic E-state index is 0.0767. The highest BCUT2D eigenvalue weighted by Crippen LogP contribution is 2.32. The standard InChI is InChI=1S/C20H18F3N5O2/c1-11(12-8-13(20(21,22)23)10-14(24)9-12)26-19(30)16-6-7-18(29)28(27-16)17-5-3-2-4-15(17)25/h2-11H,24-25H2,1H3,(H,26,30)/t11-/m1/s1. The van der Waals surface area contributed by atoms with E-state index in [1.54, 1.807) is 24.3 Å². The van der Waals surface area contributed by atoms with Crippen molar-refractivity contribution in [3.63, 3.8) is 0 Å². The van der Waals surface area contributed by atoms with E-state index in [1.807, 2.05) is 0 Å². The summed E-state index contributed by atoms with van der Waals surface area (Å²) in [5.41, 5.74) is 10.6. The van der Waals surface area contributed by atoms with Crippen LogP contribution in [0, 0.1) is 0 Å². The number of hydrogen-bond donors (Lipinski definition) is 3. The fourth-order valence-electron chi connectivity index (χ4n) is 2.83. The SMILES string of the molecule is C[C@@H](NC(=O)c1ccc(=O)n(-c2ccccc2N)n1)c1cc(N)cc(C(F)(F)F)c1. The highest BCUT2D eigenvalue weighted by molar-refractivity contribution is 5.92. The Bertz CT molecular complexity index is 1160. The van der Waals surface area contributed by atoms with Crippen LogP contribution in [0.4, 0.5) is 24.5 Å². The monoisotopic (exact) mass is 417 g/mol. The van der Waals surface area contributed by atoms with Crippen LogP contribution in [0.3, 0.4) is 0 Å². The predicted molar refractivity (Wildman–Crippen MR) is 106 cm³/mol. The third kappa shape index (κ3) is 4.43. The van der Waals surface area contributed by atoms with Crippen LogP contribution in [0.1, 0.15) is 34.6 Å². The molecule has 3 aromatic rings. The zero-order valence-corrected chi connectivity index (χ0v) is 15.8. The lowest BCUT2D eigenvalue weighted by Gasteiger charge is -2.17. The number of aromatic nitrogens is 2. The summed E-state index contributed by atoms with van der Waals surface area (Å²) >= 11 is 0. The Morgan fingerprint density at radius 2 is 1.80 bits per heavy atom. The van der Waals surface area contributed by atoms with E-state index in [0.717, 1.165) is 22.9 Å². The fraction of sp³-hybridized carbons (Fsp3) is 0.150. The number of nitrogen functional groups attached to an aromatic ring is 2. The van der Waals surface area contributed by atoms with Crippen LogP contribution in [0.15, 0.2) is 59.4 Å². The lowest BCUT2D eigenvalue weighted by atomic mass is 10.0. The average Bonchev–Trinajstić information content (AvgIpc) is 2.67. The molecule has 1 amide bonds. The third-order valence-corrected chi connectivity index (χ3v) is 4.35. The summed E-state index contributed by atoms with van der Waals surface area (Å²) < 4.78 is 40.0. The molecule has 0 radical (unpaired) electrons. The first-order valence-electron chi connectivity index (χ1n) is 8.80. The molecule has 1 atom stereocenters. The maximum Gasteiger partial charge on any atom is 0.416 e. The van der Waals surface area contributed by atoms with Crippen molar-refractivity contribution in [2.24, 2.45) is 0 Å². The number of anilines is 2. The number of carbonyl (C=O) groups is 1. The second-order valence-corrected chi connectivity index (χ2v) is 6.61. The van der Waals surface area contributed by atoms with Gasteiger partial charge < -0.3 is 16.8 Å².